The molecule has 1 aromatic heterocycles. The van der Waals surface area contributed by atoms with E-state index in [0.29, 0.717) is 6.61 Å². The van der Waals surface area contributed by atoms with Crippen molar-refractivity contribution in [1.29, 1.82) is 0 Å². The first-order valence-electron chi connectivity index (χ1n) is 6.31. The Kier molecular flexibility index (Phi) is 4.74. The summed E-state index contributed by atoms with van der Waals surface area (Å²) >= 11 is 1.54. The molecule has 3 atom stereocenters. The predicted octanol–water partition coefficient (Wildman–Crippen LogP) is 1.71. The Morgan fingerprint density at radius 1 is 1.72 bits per heavy atom. The highest BCUT2D eigenvalue weighted by atomic mass is 32.1. The molecule has 1 aromatic rings. The van der Waals surface area contributed by atoms with Gasteiger partial charge in [-0.2, -0.15) is 11.3 Å². The lowest BCUT2D eigenvalue weighted by Crippen LogP contribution is -2.37. The largest absolute Gasteiger partial charge is 0.387 e. The fourth-order valence-corrected chi connectivity index (χ4v) is 2.97. The van der Waals surface area contributed by atoms with E-state index in [1.807, 2.05) is 23.8 Å². The molecule has 0 radical (unpaired) electrons. The van der Waals surface area contributed by atoms with Crippen molar-refractivity contribution in [3.63, 3.8) is 0 Å². The Morgan fingerprint density at radius 2 is 2.56 bits per heavy atom. The van der Waals surface area contributed by atoms with Crippen molar-refractivity contribution in [2.45, 2.75) is 32.0 Å². The number of amides is 1. The third kappa shape index (κ3) is 3.10. The first-order chi connectivity index (χ1) is 8.72. The lowest BCUT2D eigenvalue weighted by molar-refractivity contribution is -0.127. The molecule has 0 spiro atoms. The summed E-state index contributed by atoms with van der Waals surface area (Å²) in [6.07, 6.45) is 1.04. The number of aliphatic hydroxyl groups excluding tert-OH is 1. The highest BCUT2D eigenvalue weighted by Crippen LogP contribution is 2.23. The van der Waals surface area contributed by atoms with E-state index >= 15 is 0 Å². The average Bonchev–Trinajstić information content (AvgIpc) is 3.04. The summed E-state index contributed by atoms with van der Waals surface area (Å²) in [5, 5.41) is 16.5. The maximum absolute atomic E-state index is 12.0. The molecule has 1 fully saturated rings. The van der Waals surface area contributed by atoms with Crippen LogP contribution >= 0.6 is 11.3 Å². The lowest BCUT2D eigenvalue weighted by Gasteiger charge is -2.17. The van der Waals surface area contributed by atoms with E-state index in [-0.39, 0.29) is 24.5 Å². The average molecular weight is 269 g/mol. The van der Waals surface area contributed by atoms with Gasteiger partial charge in [0.1, 0.15) is 0 Å². The number of nitrogens with one attached hydrogen (secondary N) is 1. The van der Waals surface area contributed by atoms with Crippen LogP contribution in [0.4, 0.5) is 0 Å². The molecule has 0 aliphatic carbocycles. The molecule has 18 heavy (non-hydrogen) atoms. The molecule has 1 aliphatic rings. The van der Waals surface area contributed by atoms with Gasteiger partial charge in [-0.15, -0.1) is 0 Å². The summed E-state index contributed by atoms with van der Waals surface area (Å²) in [6.45, 7) is 2.95. The molecule has 1 saturated heterocycles. The number of rotatable bonds is 5. The number of hydrogen-bond acceptors (Lipinski definition) is 4. The van der Waals surface area contributed by atoms with Crippen molar-refractivity contribution in [3.05, 3.63) is 22.4 Å². The molecular weight excluding hydrogens is 250 g/mol. The van der Waals surface area contributed by atoms with Gasteiger partial charge in [0, 0.05) is 13.2 Å². The fraction of sp³-hybridized carbons (Fsp3) is 0.615. The lowest BCUT2D eigenvalue weighted by atomic mass is 9.98. The zero-order valence-electron chi connectivity index (χ0n) is 10.5. The molecule has 2 rings (SSSR count). The Labute approximate surface area is 111 Å². The number of carbonyl (C=O) groups excluding carboxylic acids is 1. The standard InChI is InChI=1S/C13H19NO3S/c1-2-12-10(3-5-17-12)13(16)14-7-11(15)9-4-6-18-8-9/h4,6,8,10-12,15H,2-3,5,7H2,1H3,(H,14,16). The Balaban J connectivity index is 1.81. The van der Waals surface area contributed by atoms with Crippen molar-refractivity contribution in [3.8, 4) is 0 Å². The molecule has 4 nitrogen and oxygen atoms in total. The van der Waals surface area contributed by atoms with Gasteiger partial charge in [0.25, 0.3) is 0 Å². The highest BCUT2D eigenvalue weighted by Gasteiger charge is 2.32. The van der Waals surface area contributed by atoms with Crippen molar-refractivity contribution >= 4 is 17.2 Å². The van der Waals surface area contributed by atoms with Crippen LogP contribution in [0.25, 0.3) is 0 Å². The second-order valence-electron chi connectivity index (χ2n) is 4.53. The minimum absolute atomic E-state index is 0.00590. The molecule has 2 N–H and O–H groups in total. The SMILES string of the molecule is CCC1OCCC1C(=O)NCC(O)c1ccsc1. The van der Waals surface area contributed by atoms with Crippen LogP contribution in [0.15, 0.2) is 16.8 Å². The van der Waals surface area contributed by atoms with E-state index in [2.05, 4.69) is 5.32 Å². The summed E-state index contributed by atoms with van der Waals surface area (Å²) in [4.78, 5) is 12.0. The molecule has 0 saturated carbocycles. The summed E-state index contributed by atoms with van der Waals surface area (Å²) in [5.41, 5.74) is 0.856. The third-order valence-electron chi connectivity index (χ3n) is 3.35. The molecule has 100 valence electrons. The van der Waals surface area contributed by atoms with E-state index in [0.717, 1.165) is 18.4 Å². The van der Waals surface area contributed by atoms with Gasteiger partial charge in [-0.3, -0.25) is 4.79 Å². The van der Waals surface area contributed by atoms with E-state index < -0.39 is 6.10 Å². The van der Waals surface area contributed by atoms with Crippen LogP contribution in [0.2, 0.25) is 0 Å². The first-order valence-corrected chi connectivity index (χ1v) is 7.26. The molecule has 3 unspecified atom stereocenters. The number of thiophene rings is 1. The predicted molar refractivity (Wildman–Crippen MR) is 70.4 cm³/mol. The Bertz CT molecular complexity index is 380. The van der Waals surface area contributed by atoms with Crippen LogP contribution in [0, 0.1) is 5.92 Å². The molecule has 0 aromatic carbocycles. The normalized spacial score (nSPS) is 25.0. The van der Waals surface area contributed by atoms with E-state index in [4.69, 9.17) is 4.74 Å². The van der Waals surface area contributed by atoms with Gasteiger partial charge >= 0.3 is 0 Å². The van der Waals surface area contributed by atoms with Crippen molar-refractivity contribution < 1.29 is 14.6 Å². The van der Waals surface area contributed by atoms with Gasteiger partial charge in [-0.25, -0.2) is 0 Å². The number of ether oxygens (including phenoxy) is 1. The van der Waals surface area contributed by atoms with Crippen LogP contribution in [0.3, 0.4) is 0 Å². The molecule has 2 heterocycles. The zero-order chi connectivity index (χ0) is 13.0. The van der Waals surface area contributed by atoms with Gasteiger partial charge in [0.15, 0.2) is 0 Å². The third-order valence-corrected chi connectivity index (χ3v) is 4.05. The van der Waals surface area contributed by atoms with Crippen LogP contribution in [-0.2, 0) is 9.53 Å². The minimum Gasteiger partial charge on any atom is -0.387 e. The van der Waals surface area contributed by atoms with Crippen molar-refractivity contribution in [1.82, 2.24) is 5.32 Å². The summed E-state index contributed by atoms with van der Waals surface area (Å²) < 4.78 is 5.49. The molecule has 1 aliphatic heterocycles. The maximum atomic E-state index is 12.0. The Hall–Kier alpha value is -0.910. The van der Waals surface area contributed by atoms with Crippen LogP contribution in [0.1, 0.15) is 31.4 Å². The van der Waals surface area contributed by atoms with Crippen LogP contribution < -0.4 is 5.32 Å². The molecule has 0 bridgehead atoms. The summed E-state index contributed by atoms with van der Waals surface area (Å²) in [7, 11) is 0. The van der Waals surface area contributed by atoms with E-state index in [9.17, 15) is 9.90 Å². The number of aliphatic hydroxyl groups is 1. The van der Waals surface area contributed by atoms with Gasteiger partial charge < -0.3 is 15.2 Å². The summed E-state index contributed by atoms with van der Waals surface area (Å²) in [6, 6.07) is 1.87. The van der Waals surface area contributed by atoms with Gasteiger partial charge in [-0.05, 0) is 35.2 Å². The van der Waals surface area contributed by atoms with Crippen molar-refractivity contribution in [2.24, 2.45) is 5.92 Å². The smallest absolute Gasteiger partial charge is 0.225 e. The monoisotopic (exact) mass is 269 g/mol. The van der Waals surface area contributed by atoms with E-state index in [1.165, 1.54) is 11.3 Å². The number of hydrogen-bond donors (Lipinski definition) is 2. The number of carbonyl (C=O) groups is 1. The van der Waals surface area contributed by atoms with Gasteiger partial charge in [0.05, 0.1) is 18.1 Å². The van der Waals surface area contributed by atoms with Crippen LogP contribution in [0.5, 0.6) is 0 Å². The van der Waals surface area contributed by atoms with Crippen LogP contribution in [-0.4, -0.2) is 30.3 Å². The minimum atomic E-state index is -0.623. The zero-order valence-corrected chi connectivity index (χ0v) is 11.3. The van der Waals surface area contributed by atoms with Crippen molar-refractivity contribution in [2.75, 3.05) is 13.2 Å². The quantitative estimate of drug-likeness (QED) is 0.855. The molecule has 5 heteroatoms. The summed E-state index contributed by atoms with van der Waals surface area (Å²) in [5.74, 6) is -0.0710. The topological polar surface area (TPSA) is 58.6 Å². The first kappa shape index (κ1) is 13.5. The Morgan fingerprint density at radius 3 is 3.22 bits per heavy atom. The fourth-order valence-electron chi connectivity index (χ4n) is 2.26. The molecular formula is C13H19NO3S. The van der Waals surface area contributed by atoms with Gasteiger partial charge in [-0.1, -0.05) is 6.92 Å². The van der Waals surface area contributed by atoms with E-state index in [1.54, 1.807) is 0 Å². The highest BCUT2D eigenvalue weighted by molar-refractivity contribution is 7.07. The second-order valence-corrected chi connectivity index (χ2v) is 5.31. The second kappa shape index (κ2) is 6.31. The molecule has 1 amide bonds. The van der Waals surface area contributed by atoms with Gasteiger partial charge in [0.2, 0.25) is 5.91 Å². The maximum Gasteiger partial charge on any atom is 0.225 e.